The van der Waals surface area contributed by atoms with E-state index in [1.807, 2.05) is 54.6 Å². The molecule has 2 aromatic rings. The molecule has 0 bridgehead atoms. The number of thioether (sulfide) groups is 1. The molecule has 1 atom stereocenters. The molecule has 2 aromatic carbocycles. The van der Waals surface area contributed by atoms with Gasteiger partial charge in [-0.15, -0.1) is 0 Å². The number of benzene rings is 2. The van der Waals surface area contributed by atoms with Gasteiger partial charge in [-0.25, -0.2) is 17.6 Å². The molecule has 0 fully saturated rings. The molecule has 1 heterocycles. The average molecular weight is 592 g/mol. The molecule has 8 nitrogen and oxygen atoms in total. The van der Waals surface area contributed by atoms with Crippen molar-refractivity contribution in [3.8, 4) is 11.1 Å². The number of carbonyl (C=O) groups excluding carboxylic acids is 1. The van der Waals surface area contributed by atoms with Crippen molar-refractivity contribution in [2.24, 2.45) is 4.99 Å². The number of aliphatic imine (C=N–C) groups is 1. The van der Waals surface area contributed by atoms with Crippen molar-refractivity contribution in [2.75, 3.05) is 6.54 Å². The predicted octanol–water partition coefficient (Wildman–Crippen LogP) is 5.41. The number of sulfonamides is 1. The monoisotopic (exact) mass is 591 g/mol. The topological polar surface area (TPSA) is 116 Å². The fraction of sp³-hybridized carbons (Fsp3) is 0.222. The number of rotatable bonds is 9. The zero-order chi connectivity index (χ0) is 28.6. The minimum Gasteiger partial charge on any atom is -0.478 e. The van der Waals surface area contributed by atoms with Crippen molar-refractivity contribution < 1.29 is 27.5 Å². The van der Waals surface area contributed by atoms with Gasteiger partial charge in [0.1, 0.15) is 18.4 Å². The Hall–Kier alpha value is -3.41. The minimum absolute atomic E-state index is 0.0337. The molecule has 1 unspecified atom stereocenters. The van der Waals surface area contributed by atoms with Crippen LogP contribution in [-0.4, -0.2) is 47.3 Å². The van der Waals surface area contributed by atoms with Gasteiger partial charge >= 0.3 is 5.97 Å². The van der Waals surface area contributed by atoms with Gasteiger partial charge < -0.3 is 10.0 Å². The van der Waals surface area contributed by atoms with Crippen molar-refractivity contribution in [1.82, 2.24) is 9.62 Å². The SMILES string of the molecule is C=C(Cl)CC/C(=C/F)S(=O)(=O)NC1=NCC(=O)/C(C(=O)O)=C\N(Cc2ccccc2-c2ccccc2)C(C)S1. The van der Waals surface area contributed by atoms with Gasteiger partial charge in [-0.3, -0.25) is 14.5 Å². The first-order chi connectivity index (χ1) is 18.5. The maximum Gasteiger partial charge on any atom is 0.340 e. The molecule has 0 saturated heterocycles. The third-order valence-electron chi connectivity index (χ3n) is 5.73. The van der Waals surface area contributed by atoms with E-state index in [1.165, 1.54) is 6.20 Å². The van der Waals surface area contributed by atoms with Gasteiger partial charge in [-0.1, -0.05) is 84.5 Å². The summed E-state index contributed by atoms with van der Waals surface area (Å²) in [6.07, 6.45) is 1.03. The van der Waals surface area contributed by atoms with E-state index in [-0.39, 0.29) is 35.9 Å². The number of carboxylic acid groups (broad SMARTS) is 1. The van der Waals surface area contributed by atoms with Gasteiger partial charge in [0.15, 0.2) is 11.0 Å². The van der Waals surface area contributed by atoms with Gasteiger partial charge in [0.2, 0.25) is 0 Å². The van der Waals surface area contributed by atoms with Crippen LogP contribution in [0, 0.1) is 0 Å². The first kappa shape index (κ1) is 30.1. The minimum atomic E-state index is -4.38. The second-order valence-corrected chi connectivity index (χ2v) is 12.1. The third kappa shape index (κ3) is 8.29. The van der Waals surface area contributed by atoms with Crippen LogP contribution in [0.4, 0.5) is 4.39 Å². The molecule has 0 saturated carbocycles. The van der Waals surface area contributed by atoms with Crippen LogP contribution in [-0.2, 0) is 26.2 Å². The Labute approximate surface area is 236 Å². The number of carbonyl (C=O) groups is 2. The highest BCUT2D eigenvalue weighted by molar-refractivity contribution is 8.15. The number of ketones is 1. The molecule has 3 rings (SSSR count). The molecule has 1 aliphatic heterocycles. The van der Waals surface area contributed by atoms with Crippen molar-refractivity contribution >= 4 is 50.3 Å². The summed E-state index contributed by atoms with van der Waals surface area (Å²) >= 11 is 6.66. The number of halogens is 2. The third-order valence-corrected chi connectivity index (χ3v) is 8.56. The molecular weight excluding hydrogens is 565 g/mol. The van der Waals surface area contributed by atoms with Crippen LogP contribution in [0.5, 0.6) is 0 Å². The van der Waals surface area contributed by atoms with Gasteiger partial charge in [-0.2, -0.15) is 0 Å². The van der Waals surface area contributed by atoms with Crippen LogP contribution < -0.4 is 4.72 Å². The summed E-state index contributed by atoms with van der Waals surface area (Å²) in [4.78, 5) is 29.8. The molecule has 0 radical (unpaired) electrons. The van der Waals surface area contributed by atoms with E-state index >= 15 is 0 Å². The summed E-state index contributed by atoms with van der Waals surface area (Å²) in [5.41, 5.74) is 2.24. The Morgan fingerprint density at radius 3 is 2.54 bits per heavy atom. The highest BCUT2D eigenvalue weighted by Gasteiger charge is 2.27. The lowest BCUT2D eigenvalue weighted by Gasteiger charge is -2.29. The van der Waals surface area contributed by atoms with E-state index in [2.05, 4.69) is 16.3 Å². The molecule has 0 amide bonds. The number of nitrogens with one attached hydrogen (secondary N) is 1. The van der Waals surface area contributed by atoms with Crippen molar-refractivity contribution in [3.63, 3.8) is 0 Å². The van der Waals surface area contributed by atoms with E-state index < -0.39 is 44.2 Å². The van der Waals surface area contributed by atoms with E-state index in [4.69, 9.17) is 11.6 Å². The van der Waals surface area contributed by atoms with Crippen molar-refractivity contribution in [3.05, 3.63) is 94.8 Å². The Kier molecular flexibility index (Phi) is 10.5. The van der Waals surface area contributed by atoms with E-state index in [1.54, 1.807) is 11.8 Å². The number of aliphatic carboxylic acids is 1. The number of Topliss-reactive ketones (excluding diaryl/α,β-unsaturated/α-hetero) is 1. The maximum atomic E-state index is 13.5. The Balaban J connectivity index is 1.96. The zero-order valence-corrected chi connectivity index (χ0v) is 23.4. The summed E-state index contributed by atoms with van der Waals surface area (Å²) in [5, 5.41) is 9.13. The lowest BCUT2D eigenvalue weighted by molar-refractivity contribution is -0.134. The highest BCUT2D eigenvalue weighted by Crippen LogP contribution is 2.29. The Morgan fingerprint density at radius 1 is 1.23 bits per heavy atom. The van der Waals surface area contributed by atoms with Gasteiger partial charge in [-0.05, 0) is 36.5 Å². The van der Waals surface area contributed by atoms with Gasteiger partial charge in [0.05, 0.1) is 10.3 Å². The van der Waals surface area contributed by atoms with Gasteiger partial charge in [0.25, 0.3) is 10.0 Å². The Bertz CT molecular complexity index is 1440. The fourth-order valence-corrected chi connectivity index (χ4v) is 5.95. The second-order valence-electron chi connectivity index (χ2n) is 8.50. The van der Waals surface area contributed by atoms with Crippen LogP contribution in [0.15, 0.2) is 94.2 Å². The standard InChI is InChI=1S/C27H27ClFN3O5S2/c1-18(28)12-13-22(14-29)39(36,37)31-27-30-15-25(33)24(26(34)35)17-32(19(2)38-27)16-21-10-6-7-11-23(21)20-8-4-3-5-9-20/h3-11,14,17,19H,1,12-13,15-16H2,2H3,(H,30,31)(H,34,35)/b22-14-,24-17+. The number of amidine groups is 1. The number of nitrogens with zero attached hydrogens (tertiary/aromatic N) is 2. The summed E-state index contributed by atoms with van der Waals surface area (Å²) in [6.45, 7) is 4.78. The first-order valence-electron chi connectivity index (χ1n) is 11.8. The van der Waals surface area contributed by atoms with E-state index in [0.717, 1.165) is 28.5 Å². The summed E-state index contributed by atoms with van der Waals surface area (Å²) < 4.78 is 41.5. The predicted molar refractivity (Wildman–Crippen MR) is 153 cm³/mol. The smallest absolute Gasteiger partial charge is 0.340 e. The lowest BCUT2D eigenvalue weighted by atomic mass is 9.99. The zero-order valence-electron chi connectivity index (χ0n) is 21.0. The molecular formula is C27H27ClFN3O5S2. The van der Waals surface area contributed by atoms with E-state index in [0.29, 0.717) is 0 Å². The molecule has 1 aliphatic rings. The average Bonchev–Trinajstić information content (AvgIpc) is 2.94. The quantitative estimate of drug-likeness (QED) is 0.375. The molecule has 12 heteroatoms. The maximum absolute atomic E-state index is 13.5. The summed E-state index contributed by atoms with van der Waals surface area (Å²) in [6, 6.07) is 17.2. The van der Waals surface area contributed by atoms with Crippen LogP contribution in [0.1, 0.15) is 25.3 Å². The van der Waals surface area contributed by atoms with Crippen molar-refractivity contribution in [2.45, 2.75) is 31.7 Å². The summed E-state index contributed by atoms with van der Waals surface area (Å²) in [7, 11) is -4.38. The second kappa shape index (κ2) is 13.6. The van der Waals surface area contributed by atoms with Crippen LogP contribution in [0.3, 0.4) is 0 Å². The molecule has 206 valence electrons. The van der Waals surface area contributed by atoms with Crippen molar-refractivity contribution in [1.29, 1.82) is 0 Å². The molecule has 0 aromatic heterocycles. The van der Waals surface area contributed by atoms with Gasteiger partial charge in [0, 0.05) is 17.8 Å². The molecule has 2 N–H and O–H groups in total. The molecule has 0 spiro atoms. The number of hydrogen-bond donors (Lipinski definition) is 2. The van der Waals surface area contributed by atoms with Crippen LogP contribution in [0.25, 0.3) is 11.1 Å². The normalized spacial score (nSPS) is 18.2. The lowest BCUT2D eigenvalue weighted by Crippen LogP contribution is -2.34. The van der Waals surface area contributed by atoms with Crippen LogP contribution in [0.2, 0.25) is 0 Å². The molecule has 0 aliphatic carbocycles. The van der Waals surface area contributed by atoms with Crippen LogP contribution >= 0.6 is 23.4 Å². The molecule has 39 heavy (non-hydrogen) atoms. The van der Waals surface area contributed by atoms with E-state index in [9.17, 15) is 27.5 Å². The summed E-state index contributed by atoms with van der Waals surface area (Å²) in [5.74, 6) is -2.24. The highest BCUT2D eigenvalue weighted by atomic mass is 35.5. The number of hydrogen-bond acceptors (Lipinski definition) is 7. The Morgan fingerprint density at radius 2 is 1.90 bits per heavy atom. The fourth-order valence-electron chi connectivity index (χ4n) is 3.68. The number of carboxylic acids is 1. The first-order valence-corrected chi connectivity index (χ1v) is 14.5. The number of allylic oxidation sites excluding steroid dienone is 2. The largest absolute Gasteiger partial charge is 0.478 e.